The van der Waals surface area contributed by atoms with Crippen molar-refractivity contribution in [2.45, 2.75) is 38.8 Å². The summed E-state index contributed by atoms with van der Waals surface area (Å²) in [5.74, 6) is -0.152. The highest BCUT2D eigenvalue weighted by atomic mass is 16.3. The van der Waals surface area contributed by atoms with E-state index in [9.17, 15) is 9.90 Å². The molecular weight excluding hydrogens is 216 g/mol. The third-order valence-electron chi connectivity index (χ3n) is 2.33. The van der Waals surface area contributed by atoms with Gasteiger partial charge >= 0.3 is 0 Å². The average Bonchev–Trinajstić information content (AvgIpc) is 2.18. The predicted molar refractivity (Wildman–Crippen MR) is 67.7 cm³/mol. The Morgan fingerprint density at radius 3 is 2.29 bits per heavy atom. The first-order valence-electron chi connectivity index (χ1n) is 5.63. The number of hydrogen-bond acceptors (Lipinski definition) is 3. The molecule has 1 rings (SSSR count). The van der Waals surface area contributed by atoms with Gasteiger partial charge < -0.3 is 16.2 Å². The number of nitrogens with one attached hydrogen (secondary N) is 1. The highest BCUT2D eigenvalue weighted by molar-refractivity contribution is 5.80. The van der Waals surface area contributed by atoms with Gasteiger partial charge in [0.2, 0.25) is 5.91 Å². The lowest BCUT2D eigenvalue weighted by Crippen LogP contribution is -2.51. The van der Waals surface area contributed by atoms with Gasteiger partial charge in [-0.2, -0.15) is 0 Å². The van der Waals surface area contributed by atoms with Crippen molar-refractivity contribution in [1.29, 1.82) is 0 Å². The molecule has 0 aliphatic rings. The lowest BCUT2D eigenvalue weighted by molar-refractivity contribution is -0.120. The van der Waals surface area contributed by atoms with Crippen molar-refractivity contribution in [3.05, 3.63) is 29.8 Å². The maximum Gasteiger partial charge on any atom is 0.234 e. The van der Waals surface area contributed by atoms with E-state index in [1.807, 2.05) is 20.8 Å². The standard InChI is InChI=1S/C13H20N2O2/c1-13(2,3)15-11(12(14)17)8-9-4-6-10(16)7-5-9/h4-7,11,15-16H,8H2,1-3H3,(H2,14,17). The van der Waals surface area contributed by atoms with Gasteiger partial charge in [0.15, 0.2) is 0 Å². The molecule has 0 aliphatic carbocycles. The van der Waals surface area contributed by atoms with Gasteiger partial charge in [-0.15, -0.1) is 0 Å². The highest BCUT2D eigenvalue weighted by Gasteiger charge is 2.21. The number of benzene rings is 1. The quantitative estimate of drug-likeness (QED) is 0.734. The summed E-state index contributed by atoms with van der Waals surface area (Å²) in [4.78, 5) is 11.4. The number of phenolic OH excluding ortho intramolecular Hbond substituents is 1. The van der Waals surface area contributed by atoms with Crippen molar-refractivity contribution in [2.24, 2.45) is 5.73 Å². The topological polar surface area (TPSA) is 75.3 Å². The van der Waals surface area contributed by atoms with Crippen LogP contribution in [0, 0.1) is 0 Å². The summed E-state index contributed by atoms with van der Waals surface area (Å²) in [6.07, 6.45) is 0.521. The Bertz CT molecular complexity index is 379. The molecule has 4 heteroatoms. The van der Waals surface area contributed by atoms with E-state index in [1.54, 1.807) is 24.3 Å². The van der Waals surface area contributed by atoms with E-state index in [1.165, 1.54) is 0 Å². The Labute approximate surface area is 102 Å². The molecule has 1 amide bonds. The fourth-order valence-electron chi connectivity index (χ4n) is 1.61. The number of aromatic hydroxyl groups is 1. The van der Waals surface area contributed by atoms with E-state index in [-0.39, 0.29) is 17.2 Å². The van der Waals surface area contributed by atoms with Crippen LogP contribution in [0.5, 0.6) is 5.75 Å². The number of carbonyl (C=O) groups is 1. The molecule has 0 aliphatic heterocycles. The summed E-state index contributed by atoms with van der Waals surface area (Å²) >= 11 is 0. The third kappa shape index (κ3) is 4.87. The zero-order chi connectivity index (χ0) is 13.1. The molecule has 0 heterocycles. The largest absolute Gasteiger partial charge is 0.508 e. The zero-order valence-corrected chi connectivity index (χ0v) is 10.5. The van der Waals surface area contributed by atoms with E-state index < -0.39 is 6.04 Å². The predicted octanol–water partition coefficient (Wildman–Crippen LogP) is 1.18. The number of carbonyl (C=O) groups excluding carboxylic acids is 1. The molecule has 4 nitrogen and oxygen atoms in total. The molecule has 0 spiro atoms. The van der Waals surface area contributed by atoms with Crippen LogP contribution in [0.1, 0.15) is 26.3 Å². The number of phenols is 1. The Kier molecular flexibility index (Phi) is 4.12. The summed E-state index contributed by atoms with van der Waals surface area (Å²) < 4.78 is 0. The smallest absolute Gasteiger partial charge is 0.234 e. The van der Waals surface area contributed by atoms with E-state index in [2.05, 4.69) is 5.32 Å². The van der Waals surface area contributed by atoms with Crippen LogP contribution in [0.2, 0.25) is 0 Å². The molecule has 0 aromatic heterocycles. The monoisotopic (exact) mass is 236 g/mol. The van der Waals surface area contributed by atoms with Crippen LogP contribution >= 0.6 is 0 Å². The molecule has 1 aromatic carbocycles. The van der Waals surface area contributed by atoms with Crippen molar-refractivity contribution in [1.82, 2.24) is 5.32 Å². The Hall–Kier alpha value is -1.55. The summed E-state index contributed by atoms with van der Waals surface area (Å²) in [6.45, 7) is 5.96. The van der Waals surface area contributed by atoms with Crippen LogP contribution in [0.25, 0.3) is 0 Å². The molecule has 0 radical (unpaired) electrons. The molecule has 0 saturated carbocycles. The van der Waals surface area contributed by atoms with Crippen LogP contribution < -0.4 is 11.1 Å². The first kappa shape index (κ1) is 13.5. The van der Waals surface area contributed by atoms with Crippen LogP contribution in [0.15, 0.2) is 24.3 Å². The summed E-state index contributed by atoms with van der Waals surface area (Å²) in [7, 11) is 0. The van der Waals surface area contributed by atoms with Gasteiger partial charge in [-0.25, -0.2) is 0 Å². The Balaban J connectivity index is 2.73. The van der Waals surface area contributed by atoms with Crippen molar-refractivity contribution in [3.8, 4) is 5.75 Å². The van der Waals surface area contributed by atoms with Crippen LogP contribution in [-0.4, -0.2) is 22.6 Å². The lowest BCUT2D eigenvalue weighted by Gasteiger charge is -2.26. The van der Waals surface area contributed by atoms with E-state index in [0.29, 0.717) is 6.42 Å². The van der Waals surface area contributed by atoms with Crippen molar-refractivity contribution < 1.29 is 9.90 Å². The van der Waals surface area contributed by atoms with Crippen molar-refractivity contribution in [3.63, 3.8) is 0 Å². The van der Waals surface area contributed by atoms with Crippen LogP contribution in [0.4, 0.5) is 0 Å². The molecule has 0 bridgehead atoms. The maximum atomic E-state index is 11.4. The molecule has 0 fully saturated rings. The molecular formula is C13H20N2O2. The van der Waals surface area contributed by atoms with Gasteiger partial charge in [0, 0.05) is 5.54 Å². The minimum Gasteiger partial charge on any atom is -0.508 e. The second-order valence-electron chi connectivity index (χ2n) is 5.22. The number of nitrogens with two attached hydrogens (primary N) is 1. The minimum absolute atomic E-state index is 0.170. The SMILES string of the molecule is CC(C)(C)NC(Cc1ccc(O)cc1)C(N)=O. The van der Waals surface area contributed by atoms with Crippen molar-refractivity contribution in [2.75, 3.05) is 0 Å². The van der Waals surface area contributed by atoms with Gasteiger partial charge in [-0.1, -0.05) is 12.1 Å². The normalized spacial score (nSPS) is 13.4. The second-order valence-corrected chi connectivity index (χ2v) is 5.22. The summed E-state index contributed by atoms with van der Waals surface area (Å²) in [5, 5.41) is 12.4. The number of rotatable bonds is 4. The lowest BCUT2D eigenvalue weighted by atomic mass is 10.0. The average molecular weight is 236 g/mol. The van der Waals surface area contributed by atoms with Crippen LogP contribution in [0.3, 0.4) is 0 Å². The first-order chi connectivity index (χ1) is 7.78. The molecule has 17 heavy (non-hydrogen) atoms. The van der Waals surface area contributed by atoms with Crippen molar-refractivity contribution >= 4 is 5.91 Å². The summed E-state index contributed by atoms with van der Waals surface area (Å²) in [6, 6.07) is 6.37. The Morgan fingerprint density at radius 2 is 1.88 bits per heavy atom. The molecule has 1 atom stereocenters. The molecule has 94 valence electrons. The number of amides is 1. The third-order valence-corrected chi connectivity index (χ3v) is 2.33. The maximum absolute atomic E-state index is 11.4. The first-order valence-corrected chi connectivity index (χ1v) is 5.63. The fourth-order valence-corrected chi connectivity index (χ4v) is 1.61. The van der Waals surface area contributed by atoms with E-state index in [0.717, 1.165) is 5.56 Å². The van der Waals surface area contributed by atoms with E-state index >= 15 is 0 Å². The molecule has 1 aromatic rings. The molecule has 0 saturated heterocycles. The highest BCUT2D eigenvalue weighted by Crippen LogP contribution is 2.12. The van der Waals surface area contributed by atoms with Gasteiger partial charge in [0.05, 0.1) is 6.04 Å². The number of primary amides is 1. The molecule has 4 N–H and O–H groups in total. The summed E-state index contributed by atoms with van der Waals surface area (Å²) in [5.41, 5.74) is 6.16. The van der Waals surface area contributed by atoms with Gasteiger partial charge in [-0.3, -0.25) is 4.79 Å². The van der Waals surface area contributed by atoms with Crippen LogP contribution in [-0.2, 0) is 11.2 Å². The Morgan fingerprint density at radius 1 is 1.35 bits per heavy atom. The van der Waals surface area contributed by atoms with Gasteiger partial charge in [-0.05, 0) is 44.9 Å². The minimum atomic E-state index is -0.403. The van der Waals surface area contributed by atoms with Gasteiger partial charge in [0.1, 0.15) is 5.75 Å². The zero-order valence-electron chi connectivity index (χ0n) is 10.5. The second kappa shape index (κ2) is 5.19. The van der Waals surface area contributed by atoms with E-state index in [4.69, 9.17) is 5.73 Å². The van der Waals surface area contributed by atoms with Gasteiger partial charge in [0.25, 0.3) is 0 Å². The number of hydrogen-bond donors (Lipinski definition) is 3. The molecule has 1 unspecified atom stereocenters. The fraction of sp³-hybridized carbons (Fsp3) is 0.462.